The van der Waals surface area contributed by atoms with Gasteiger partial charge in [-0.2, -0.15) is 0 Å². The number of carboxylic acid groups (broad SMARTS) is 1. The van der Waals surface area contributed by atoms with E-state index in [-0.39, 0.29) is 23.6 Å². The highest BCUT2D eigenvalue weighted by atomic mass is 16.5. The van der Waals surface area contributed by atoms with Crippen LogP contribution in [0.1, 0.15) is 30.8 Å². The largest absolute Gasteiger partial charge is 0.476 e. The Morgan fingerprint density at radius 1 is 1.50 bits per heavy atom. The SMILES string of the molecule is COCCC(C)(C)CNC(=O)Cn1cc(C(=O)O)nn1. The molecule has 0 atom stereocenters. The number of aromatic carboxylic acids is 1. The van der Waals surface area contributed by atoms with Gasteiger partial charge in [-0.05, 0) is 11.8 Å². The fourth-order valence-electron chi connectivity index (χ4n) is 1.48. The third kappa shape index (κ3) is 5.35. The first-order chi connectivity index (χ1) is 9.34. The van der Waals surface area contributed by atoms with Crippen LogP contribution in [-0.2, 0) is 16.1 Å². The molecule has 2 N–H and O–H groups in total. The lowest BCUT2D eigenvalue weighted by atomic mass is 9.90. The van der Waals surface area contributed by atoms with Crippen molar-refractivity contribution >= 4 is 11.9 Å². The number of carboxylic acids is 1. The predicted octanol–water partition coefficient (Wildman–Crippen LogP) is 0.155. The lowest BCUT2D eigenvalue weighted by Gasteiger charge is -2.24. The number of carbonyl (C=O) groups is 2. The van der Waals surface area contributed by atoms with Crippen LogP contribution in [0.2, 0.25) is 0 Å². The van der Waals surface area contributed by atoms with Gasteiger partial charge in [-0.25, -0.2) is 9.48 Å². The molecule has 8 nitrogen and oxygen atoms in total. The molecule has 1 amide bonds. The van der Waals surface area contributed by atoms with Gasteiger partial charge in [0.1, 0.15) is 6.54 Å². The minimum atomic E-state index is -1.17. The number of ether oxygens (including phenoxy) is 1. The molecule has 1 aromatic rings. The topological polar surface area (TPSA) is 106 Å². The van der Waals surface area contributed by atoms with Gasteiger partial charge < -0.3 is 15.2 Å². The van der Waals surface area contributed by atoms with E-state index in [1.807, 2.05) is 13.8 Å². The number of amides is 1. The maximum absolute atomic E-state index is 11.7. The minimum Gasteiger partial charge on any atom is -0.476 e. The maximum Gasteiger partial charge on any atom is 0.358 e. The average Bonchev–Trinajstić information content (AvgIpc) is 2.83. The molecule has 0 radical (unpaired) electrons. The maximum atomic E-state index is 11.7. The number of nitrogens with one attached hydrogen (secondary N) is 1. The van der Waals surface area contributed by atoms with Crippen molar-refractivity contribution in [3.8, 4) is 0 Å². The van der Waals surface area contributed by atoms with E-state index in [2.05, 4.69) is 15.6 Å². The average molecular weight is 284 g/mol. The summed E-state index contributed by atoms with van der Waals surface area (Å²) >= 11 is 0. The van der Waals surface area contributed by atoms with Crippen LogP contribution in [0, 0.1) is 5.41 Å². The van der Waals surface area contributed by atoms with Gasteiger partial charge in [-0.15, -0.1) is 5.10 Å². The van der Waals surface area contributed by atoms with Crippen molar-refractivity contribution in [2.75, 3.05) is 20.3 Å². The molecule has 0 saturated heterocycles. The number of hydrogen-bond donors (Lipinski definition) is 2. The zero-order valence-corrected chi connectivity index (χ0v) is 11.9. The van der Waals surface area contributed by atoms with Crippen molar-refractivity contribution < 1.29 is 19.4 Å². The number of aromatic nitrogens is 3. The van der Waals surface area contributed by atoms with Gasteiger partial charge in [-0.3, -0.25) is 4.79 Å². The molecule has 0 aliphatic heterocycles. The van der Waals surface area contributed by atoms with Gasteiger partial charge in [0.05, 0.1) is 6.20 Å². The van der Waals surface area contributed by atoms with Crippen LogP contribution in [0.15, 0.2) is 6.20 Å². The molecule has 8 heteroatoms. The van der Waals surface area contributed by atoms with Crippen LogP contribution in [-0.4, -0.2) is 52.2 Å². The molecule has 0 saturated carbocycles. The summed E-state index contributed by atoms with van der Waals surface area (Å²) in [5.74, 6) is -1.41. The smallest absolute Gasteiger partial charge is 0.358 e. The highest BCUT2D eigenvalue weighted by molar-refractivity contribution is 5.84. The first-order valence-corrected chi connectivity index (χ1v) is 6.23. The van der Waals surface area contributed by atoms with E-state index in [9.17, 15) is 9.59 Å². The zero-order valence-electron chi connectivity index (χ0n) is 11.9. The Bertz CT molecular complexity index is 470. The van der Waals surface area contributed by atoms with E-state index >= 15 is 0 Å². The first kappa shape index (κ1) is 16.1. The molecule has 0 bridgehead atoms. The second kappa shape index (κ2) is 6.99. The summed E-state index contributed by atoms with van der Waals surface area (Å²) in [7, 11) is 1.64. The summed E-state index contributed by atoms with van der Waals surface area (Å²) in [6.45, 7) is 5.15. The van der Waals surface area contributed by atoms with E-state index in [1.54, 1.807) is 7.11 Å². The Balaban J connectivity index is 2.41. The van der Waals surface area contributed by atoms with Gasteiger partial charge in [0, 0.05) is 20.3 Å². The third-order valence-electron chi connectivity index (χ3n) is 2.81. The number of methoxy groups -OCH3 is 1. The fourth-order valence-corrected chi connectivity index (χ4v) is 1.48. The molecular weight excluding hydrogens is 264 g/mol. The second-order valence-corrected chi connectivity index (χ2v) is 5.29. The van der Waals surface area contributed by atoms with Crippen molar-refractivity contribution in [2.45, 2.75) is 26.8 Å². The molecule has 1 aromatic heterocycles. The summed E-state index contributed by atoms with van der Waals surface area (Å²) < 4.78 is 6.21. The molecule has 112 valence electrons. The molecular formula is C12H20N4O4. The molecule has 0 aliphatic rings. The number of carbonyl (C=O) groups excluding carboxylic acids is 1. The van der Waals surface area contributed by atoms with Crippen molar-refractivity contribution in [1.82, 2.24) is 20.3 Å². The van der Waals surface area contributed by atoms with Gasteiger partial charge in [-0.1, -0.05) is 19.1 Å². The van der Waals surface area contributed by atoms with Crippen LogP contribution >= 0.6 is 0 Å². The quantitative estimate of drug-likeness (QED) is 0.704. The van der Waals surface area contributed by atoms with E-state index in [0.717, 1.165) is 6.42 Å². The van der Waals surface area contributed by atoms with Crippen LogP contribution in [0.5, 0.6) is 0 Å². The molecule has 0 unspecified atom stereocenters. The Morgan fingerprint density at radius 3 is 2.75 bits per heavy atom. The standard InChI is InChI=1S/C12H20N4O4/c1-12(2,4-5-20-3)8-13-10(17)7-16-6-9(11(18)19)14-15-16/h6H,4-5,7-8H2,1-3H3,(H,13,17)(H,18,19). The van der Waals surface area contributed by atoms with E-state index < -0.39 is 5.97 Å². The van der Waals surface area contributed by atoms with Crippen LogP contribution in [0.25, 0.3) is 0 Å². The molecule has 0 aromatic carbocycles. The highest BCUT2D eigenvalue weighted by Gasteiger charge is 2.19. The monoisotopic (exact) mass is 284 g/mol. The lowest BCUT2D eigenvalue weighted by molar-refractivity contribution is -0.122. The Morgan fingerprint density at radius 2 is 2.20 bits per heavy atom. The van der Waals surface area contributed by atoms with E-state index in [0.29, 0.717) is 13.2 Å². The predicted molar refractivity (Wildman–Crippen MR) is 70.3 cm³/mol. The van der Waals surface area contributed by atoms with Gasteiger partial charge in [0.2, 0.25) is 5.91 Å². The Labute approximate surface area is 117 Å². The van der Waals surface area contributed by atoms with Crippen molar-refractivity contribution in [1.29, 1.82) is 0 Å². The molecule has 0 fully saturated rings. The van der Waals surface area contributed by atoms with Gasteiger partial charge in [0.25, 0.3) is 0 Å². The number of nitrogens with zero attached hydrogens (tertiary/aromatic N) is 3. The molecule has 20 heavy (non-hydrogen) atoms. The van der Waals surface area contributed by atoms with Crippen molar-refractivity contribution in [3.05, 3.63) is 11.9 Å². The Kier molecular flexibility index (Phi) is 5.63. The summed E-state index contributed by atoms with van der Waals surface area (Å²) in [6.07, 6.45) is 2.05. The molecule has 0 spiro atoms. The summed E-state index contributed by atoms with van der Waals surface area (Å²) in [6, 6.07) is 0. The van der Waals surface area contributed by atoms with E-state index in [4.69, 9.17) is 9.84 Å². The Hall–Kier alpha value is -1.96. The molecule has 0 aliphatic carbocycles. The number of rotatable bonds is 8. The highest BCUT2D eigenvalue weighted by Crippen LogP contribution is 2.18. The summed E-state index contributed by atoms with van der Waals surface area (Å²) in [5.41, 5.74) is -0.251. The van der Waals surface area contributed by atoms with Gasteiger partial charge >= 0.3 is 5.97 Å². The normalized spacial score (nSPS) is 11.3. The zero-order chi connectivity index (χ0) is 15.2. The van der Waals surface area contributed by atoms with Gasteiger partial charge in [0.15, 0.2) is 5.69 Å². The van der Waals surface area contributed by atoms with Crippen molar-refractivity contribution in [2.24, 2.45) is 5.41 Å². The minimum absolute atomic E-state index is 0.0549. The van der Waals surface area contributed by atoms with Crippen LogP contribution in [0.4, 0.5) is 0 Å². The van der Waals surface area contributed by atoms with Crippen LogP contribution < -0.4 is 5.32 Å². The molecule has 1 rings (SSSR count). The summed E-state index contributed by atoms with van der Waals surface area (Å²) in [5, 5.41) is 18.5. The first-order valence-electron chi connectivity index (χ1n) is 6.23. The lowest BCUT2D eigenvalue weighted by Crippen LogP contribution is -2.36. The molecule has 1 heterocycles. The number of hydrogen-bond acceptors (Lipinski definition) is 5. The second-order valence-electron chi connectivity index (χ2n) is 5.29. The fraction of sp³-hybridized carbons (Fsp3) is 0.667. The van der Waals surface area contributed by atoms with E-state index in [1.165, 1.54) is 10.9 Å². The third-order valence-corrected chi connectivity index (χ3v) is 2.81. The van der Waals surface area contributed by atoms with Crippen molar-refractivity contribution in [3.63, 3.8) is 0 Å². The summed E-state index contributed by atoms with van der Waals surface area (Å²) in [4.78, 5) is 22.4. The van der Waals surface area contributed by atoms with Crippen LogP contribution in [0.3, 0.4) is 0 Å².